The largest absolute Gasteiger partial charge is 0.370 e. The number of hydrogen-bond donors (Lipinski definition) is 2. The molecule has 2 aromatic rings. The van der Waals surface area contributed by atoms with Crippen LogP contribution < -0.4 is 11.5 Å². The van der Waals surface area contributed by atoms with E-state index in [-0.39, 0.29) is 18.4 Å². The normalized spacial score (nSPS) is 9.15. The van der Waals surface area contributed by atoms with Gasteiger partial charge >= 0.3 is 0 Å². The molecule has 0 bridgehead atoms. The van der Waals surface area contributed by atoms with Crippen molar-refractivity contribution in [2.75, 3.05) is 0 Å². The summed E-state index contributed by atoms with van der Waals surface area (Å²) in [7, 11) is 0. The van der Waals surface area contributed by atoms with Crippen molar-refractivity contribution in [1.82, 2.24) is 4.57 Å². The van der Waals surface area contributed by atoms with Gasteiger partial charge in [0.1, 0.15) is 6.07 Å². The second kappa shape index (κ2) is 6.41. The molecule has 2 rings (SSSR count). The molecule has 102 valence electrons. The number of nitrogens with zero attached hydrogens (tertiary/aromatic N) is 3. The summed E-state index contributed by atoms with van der Waals surface area (Å²) in [6, 6.07) is 10.5. The highest BCUT2D eigenvalue weighted by atomic mass is 35.5. The second-order valence-corrected chi connectivity index (χ2v) is 3.81. The monoisotopic (exact) mass is 289 g/mol. The lowest BCUT2D eigenvalue weighted by molar-refractivity contribution is 0.100. The summed E-state index contributed by atoms with van der Waals surface area (Å²) in [6.45, 7) is 0. The van der Waals surface area contributed by atoms with Crippen LogP contribution in [0.25, 0.3) is 5.69 Å². The molecule has 0 saturated carbocycles. The standard InChI is InChI=1S/C13H11N5O.ClH/c14-7-9-4-5-18(8-9)11-3-1-2-10(6-11)12(19)17-13(15)16;/h1-6,8H,(H4,15,16,17,19);1H. The maximum absolute atomic E-state index is 11.7. The van der Waals surface area contributed by atoms with Gasteiger partial charge in [0.2, 0.25) is 0 Å². The molecule has 1 aromatic carbocycles. The number of carbonyl (C=O) groups is 1. The Morgan fingerprint density at radius 3 is 2.65 bits per heavy atom. The Balaban J connectivity index is 0.00000200. The van der Waals surface area contributed by atoms with Crippen LogP contribution in [0.5, 0.6) is 0 Å². The van der Waals surface area contributed by atoms with Crippen LogP contribution in [-0.2, 0) is 0 Å². The Hall–Kier alpha value is -2.78. The van der Waals surface area contributed by atoms with Crippen molar-refractivity contribution in [3.8, 4) is 11.8 Å². The highest BCUT2D eigenvalue weighted by molar-refractivity contribution is 6.02. The summed E-state index contributed by atoms with van der Waals surface area (Å²) in [5, 5.41) is 8.78. The van der Waals surface area contributed by atoms with E-state index in [0.29, 0.717) is 11.1 Å². The van der Waals surface area contributed by atoms with E-state index in [4.69, 9.17) is 16.7 Å². The molecule has 1 aromatic heterocycles. The van der Waals surface area contributed by atoms with E-state index in [9.17, 15) is 4.79 Å². The lowest BCUT2D eigenvalue weighted by Crippen LogP contribution is -2.24. The van der Waals surface area contributed by atoms with Crippen LogP contribution in [0.2, 0.25) is 0 Å². The van der Waals surface area contributed by atoms with E-state index in [1.165, 1.54) is 0 Å². The number of benzene rings is 1. The minimum atomic E-state index is -0.505. The van der Waals surface area contributed by atoms with Gasteiger partial charge in [-0.2, -0.15) is 10.3 Å². The molecule has 6 nitrogen and oxygen atoms in total. The van der Waals surface area contributed by atoms with Gasteiger partial charge in [0.25, 0.3) is 5.91 Å². The zero-order chi connectivity index (χ0) is 13.8. The fourth-order valence-corrected chi connectivity index (χ4v) is 1.60. The topological polar surface area (TPSA) is 110 Å². The summed E-state index contributed by atoms with van der Waals surface area (Å²) in [5.74, 6) is -0.780. The van der Waals surface area contributed by atoms with Gasteiger partial charge in [-0.3, -0.25) is 4.79 Å². The van der Waals surface area contributed by atoms with E-state index < -0.39 is 5.91 Å². The van der Waals surface area contributed by atoms with Gasteiger partial charge in [0.05, 0.1) is 5.56 Å². The average molecular weight is 290 g/mol. The first-order valence-corrected chi connectivity index (χ1v) is 5.42. The number of nitriles is 1. The van der Waals surface area contributed by atoms with Gasteiger partial charge < -0.3 is 16.0 Å². The zero-order valence-corrected chi connectivity index (χ0v) is 11.2. The minimum absolute atomic E-state index is 0. The molecular weight excluding hydrogens is 278 g/mol. The predicted molar refractivity (Wildman–Crippen MR) is 77.9 cm³/mol. The Morgan fingerprint density at radius 2 is 2.05 bits per heavy atom. The maximum atomic E-state index is 11.7. The van der Waals surface area contributed by atoms with Crippen molar-refractivity contribution in [3.63, 3.8) is 0 Å². The first-order valence-electron chi connectivity index (χ1n) is 5.42. The molecule has 7 heteroatoms. The maximum Gasteiger partial charge on any atom is 0.280 e. The number of carbonyl (C=O) groups excluding carboxylic acids is 1. The van der Waals surface area contributed by atoms with Crippen molar-refractivity contribution in [2.45, 2.75) is 0 Å². The van der Waals surface area contributed by atoms with Crippen LogP contribution in [0.3, 0.4) is 0 Å². The number of rotatable bonds is 2. The molecule has 20 heavy (non-hydrogen) atoms. The van der Waals surface area contributed by atoms with Crippen LogP contribution in [0.15, 0.2) is 47.7 Å². The zero-order valence-electron chi connectivity index (χ0n) is 10.4. The fourth-order valence-electron chi connectivity index (χ4n) is 1.60. The third kappa shape index (κ3) is 3.37. The Bertz CT molecular complexity index is 695. The van der Waals surface area contributed by atoms with Crippen LogP contribution in [-0.4, -0.2) is 16.4 Å². The lowest BCUT2D eigenvalue weighted by atomic mass is 10.2. The summed E-state index contributed by atoms with van der Waals surface area (Å²) < 4.78 is 1.74. The quantitative estimate of drug-likeness (QED) is 0.639. The lowest BCUT2D eigenvalue weighted by Gasteiger charge is -2.04. The third-order valence-corrected chi connectivity index (χ3v) is 2.44. The molecule has 0 aliphatic heterocycles. The Morgan fingerprint density at radius 1 is 1.30 bits per heavy atom. The average Bonchev–Trinajstić information content (AvgIpc) is 2.87. The Kier molecular flexibility index (Phi) is 4.89. The predicted octanol–water partition coefficient (Wildman–Crippen LogP) is 1.18. The molecule has 0 atom stereocenters. The second-order valence-electron chi connectivity index (χ2n) is 3.81. The molecule has 0 spiro atoms. The molecule has 0 unspecified atom stereocenters. The molecule has 4 N–H and O–H groups in total. The van der Waals surface area contributed by atoms with E-state index in [2.05, 4.69) is 4.99 Å². The van der Waals surface area contributed by atoms with E-state index in [0.717, 1.165) is 5.69 Å². The van der Waals surface area contributed by atoms with Gasteiger partial charge in [-0.25, -0.2) is 0 Å². The number of guanidine groups is 1. The minimum Gasteiger partial charge on any atom is -0.370 e. The van der Waals surface area contributed by atoms with Crippen LogP contribution >= 0.6 is 12.4 Å². The summed E-state index contributed by atoms with van der Waals surface area (Å²) in [5.41, 5.74) is 12.0. The van der Waals surface area contributed by atoms with Crippen molar-refractivity contribution in [1.29, 1.82) is 5.26 Å². The fraction of sp³-hybridized carbons (Fsp3) is 0. The molecule has 0 fully saturated rings. The molecule has 0 radical (unpaired) electrons. The van der Waals surface area contributed by atoms with Crippen molar-refractivity contribution < 1.29 is 4.79 Å². The molecular formula is C13H12ClN5O. The van der Waals surface area contributed by atoms with Crippen LogP contribution in [0, 0.1) is 11.3 Å². The molecule has 1 heterocycles. The highest BCUT2D eigenvalue weighted by Crippen LogP contribution is 2.13. The van der Waals surface area contributed by atoms with Crippen LogP contribution in [0.4, 0.5) is 0 Å². The molecule has 0 saturated heterocycles. The molecule has 0 aliphatic rings. The van der Waals surface area contributed by atoms with Gasteiger partial charge in [0, 0.05) is 23.6 Å². The first-order chi connectivity index (χ1) is 9.10. The number of aliphatic imine (C=N–C) groups is 1. The SMILES string of the molecule is Cl.N#Cc1ccn(-c2cccc(C(=O)N=C(N)N)c2)c1. The van der Waals surface area contributed by atoms with Gasteiger partial charge in [0.15, 0.2) is 5.96 Å². The van der Waals surface area contributed by atoms with E-state index >= 15 is 0 Å². The van der Waals surface area contributed by atoms with Crippen molar-refractivity contribution in [3.05, 3.63) is 53.9 Å². The van der Waals surface area contributed by atoms with E-state index in [1.807, 2.05) is 12.1 Å². The molecule has 1 amide bonds. The highest BCUT2D eigenvalue weighted by Gasteiger charge is 2.06. The first kappa shape index (κ1) is 15.3. The van der Waals surface area contributed by atoms with Gasteiger partial charge in [-0.1, -0.05) is 6.07 Å². The third-order valence-electron chi connectivity index (χ3n) is 2.44. The summed E-state index contributed by atoms with van der Waals surface area (Å²) >= 11 is 0. The van der Waals surface area contributed by atoms with E-state index in [1.54, 1.807) is 41.2 Å². The Labute approximate surface area is 121 Å². The number of hydrogen-bond acceptors (Lipinski definition) is 2. The van der Waals surface area contributed by atoms with Gasteiger partial charge in [-0.15, -0.1) is 12.4 Å². The van der Waals surface area contributed by atoms with Crippen LogP contribution in [0.1, 0.15) is 15.9 Å². The number of aromatic nitrogens is 1. The number of halogens is 1. The van der Waals surface area contributed by atoms with Gasteiger partial charge in [-0.05, 0) is 24.3 Å². The van der Waals surface area contributed by atoms with Crippen molar-refractivity contribution in [2.24, 2.45) is 16.5 Å². The number of amides is 1. The van der Waals surface area contributed by atoms with Crippen molar-refractivity contribution >= 4 is 24.3 Å². The number of nitrogens with two attached hydrogens (primary N) is 2. The molecule has 0 aliphatic carbocycles. The summed E-state index contributed by atoms with van der Waals surface area (Å²) in [6.07, 6.45) is 3.41. The smallest absolute Gasteiger partial charge is 0.280 e. The summed E-state index contributed by atoms with van der Waals surface area (Å²) in [4.78, 5) is 15.2.